The topological polar surface area (TPSA) is 74.6 Å². The zero-order valence-corrected chi connectivity index (χ0v) is 9.82. The van der Waals surface area contributed by atoms with Crippen molar-refractivity contribution in [2.75, 3.05) is 0 Å². The molecule has 0 aliphatic heterocycles. The first-order chi connectivity index (χ1) is 7.59. The SMILES string of the molecule is CC[CH]CCCCCCC(C(=O)O)C(=O)O. The van der Waals surface area contributed by atoms with Crippen molar-refractivity contribution in [2.24, 2.45) is 5.92 Å². The highest BCUT2D eigenvalue weighted by Gasteiger charge is 2.24. The van der Waals surface area contributed by atoms with E-state index in [9.17, 15) is 9.59 Å². The highest BCUT2D eigenvalue weighted by atomic mass is 16.4. The van der Waals surface area contributed by atoms with Gasteiger partial charge in [-0.05, 0) is 12.8 Å². The molecule has 4 heteroatoms. The first kappa shape index (κ1) is 14.9. The van der Waals surface area contributed by atoms with Crippen molar-refractivity contribution in [1.29, 1.82) is 0 Å². The number of aliphatic carboxylic acids is 2. The Kier molecular flexibility index (Phi) is 8.58. The molecule has 0 aromatic carbocycles. The van der Waals surface area contributed by atoms with E-state index in [2.05, 4.69) is 13.3 Å². The van der Waals surface area contributed by atoms with Gasteiger partial charge < -0.3 is 10.2 Å². The molecule has 0 saturated heterocycles. The molecule has 0 rings (SSSR count). The van der Waals surface area contributed by atoms with Crippen LogP contribution >= 0.6 is 0 Å². The Hall–Kier alpha value is -1.06. The summed E-state index contributed by atoms with van der Waals surface area (Å²) in [6.07, 6.45) is 8.38. The lowest BCUT2D eigenvalue weighted by atomic mass is 10.0. The van der Waals surface area contributed by atoms with Crippen molar-refractivity contribution < 1.29 is 19.8 Å². The van der Waals surface area contributed by atoms with E-state index in [-0.39, 0.29) is 6.42 Å². The van der Waals surface area contributed by atoms with E-state index in [0.717, 1.165) is 32.1 Å². The summed E-state index contributed by atoms with van der Waals surface area (Å²) in [7, 11) is 0. The van der Waals surface area contributed by atoms with Gasteiger partial charge in [0.25, 0.3) is 0 Å². The Balaban J connectivity index is 3.48. The molecule has 16 heavy (non-hydrogen) atoms. The molecule has 0 aromatic rings. The first-order valence-electron chi connectivity index (χ1n) is 5.86. The Morgan fingerprint density at radius 2 is 1.62 bits per heavy atom. The largest absolute Gasteiger partial charge is 0.481 e. The van der Waals surface area contributed by atoms with E-state index in [1.807, 2.05) is 0 Å². The normalized spacial score (nSPS) is 10.6. The van der Waals surface area contributed by atoms with Crippen molar-refractivity contribution in [3.05, 3.63) is 6.42 Å². The zero-order chi connectivity index (χ0) is 12.4. The summed E-state index contributed by atoms with van der Waals surface area (Å²) in [5.74, 6) is -3.69. The van der Waals surface area contributed by atoms with Gasteiger partial charge in [-0.15, -0.1) is 0 Å². The summed E-state index contributed by atoms with van der Waals surface area (Å²) in [6.45, 7) is 2.10. The highest BCUT2D eigenvalue weighted by Crippen LogP contribution is 2.13. The number of hydrogen-bond acceptors (Lipinski definition) is 2. The van der Waals surface area contributed by atoms with Crippen LogP contribution in [0.15, 0.2) is 0 Å². The molecular formula is C12H21O4. The maximum absolute atomic E-state index is 10.6. The van der Waals surface area contributed by atoms with Crippen molar-refractivity contribution in [3.63, 3.8) is 0 Å². The molecule has 0 heterocycles. The van der Waals surface area contributed by atoms with Crippen LogP contribution in [0, 0.1) is 12.3 Å². The molecule has 0 aromatic heterocycles. The lowest BCUT2D eigenvalue weighted by Crippen LogP contribution is -2.23. The van der Waals surface area contributed by atoms with E-state index in [4.69, 9.17) is 10.2 Å². The number of carbonyl (C=O) groups is 2. The quantitative estimate of drug-likeness (QED) is 0.446. The van der Waals surface area contributed by atoms with Crippen LogP contribution in [0.25, 0.3) is 0 Å². The average molecular weight is 229 g/mol. The van der Waals surface area contributed by atoms with E-state index in [1.54, 1.807) is 0 Å². The summed E-state index contributed by atoms with van der Waals surface area (Å²) in [4.78, 5) is 21.1. The lowest BCUT2D eigenvalue weighted by molar-refractivity contribution is -0.154. The molecule has 0 atom stereocenters. The summed E-state index contributed by atoms with van der Waals surface area (Å²) >= 11 is 0. The van der Waals surface area contributed by atoms with Crippen LogP contribution in [-0.4, -0.2) is 22.2 Å². The molecule has 0 aliphatic rings. The van der Waals surface area contributed by atoms with Crippen LogP contribution in [0.5, 0.6) is 0 Å². The highest BCUT2D eigenvalue weighted by molar-refractivity contribution is 5.92. The predicted octanol–water partition coefficient (Wildman–Crippen LogP) is 2.73. The van der Waals surface area contributed by atoms with Crippen molar-refractivity contribution >= 4 is 11.9 Å². The van der Waals surface area contributed by atoms with E-state index < -0.39 is 17.9 Å². The molecule has 0 bridgehead atoms. The average Bonchev–Trinajstić information content (AvgIpc) is 2.21. The van der Waals surface area contributed by atoms with Crippen LogP contribution in [-0.2, 0) is 9.59 Å². The number of carboxylic acid groups (broad SMARTS) is 2. The third-order valence-electron chi connectivity index (χ3n) is 2.54. The second-order valence-corrected chi connectivity index (χ2v) is 3.92. The Labute approximate surface area is 96.7 Å². The minimum Gasteiger partial charge on any atom is -0.481 e. The van der Waals surface area contributed by atoms with Gasteiger partial charge in [-0.2, -0.15) is 0 Å². The molecule has 0 fully saturated rings. The van der Waals surface area contributed by atoms with Gasteiger partial charge in [0.1, 0.15) is 0 Å². The summed E-state index contributed by atoms with van der Waals surface area (Å²) in [6, 6.07) is 0. The molecular weight excluding hydrogens is 208 g/mol. The van der Waals surface area contributed by atoms with Crippen LogP contribution in [0.3, 0.4) is 0 Å². The minimum absolute atomic E-state index is 0.238. The molecule has 4 nitrogen and oxygen atoms in total. The van der Waals surface area contributed by atoms with Gasteiger partial charge in [0.2, 0.25) is 0 Å². The molecule has 2 N–H and O–H groups in total. The first-order valence-corrected chi connectivity index (χ1v) is 5.86. The van der Waals surface area contributed by atoms with Gasteiger partial charge >= 0.3 is 11.9 Å². The van der Waals surface area contributed by atoms with E-state index in [0.29, 0.717) is 6.42 Å². The lowest BCUT2D eigenvalue weighted by Gasteiger charge is -2.06. The summed E-state index contributed by atoms with van der Waals surface area (Å²) in [5.41, 5.74) is 0. The van der Waals surface area contributed by atoms with Crippen molar-refractivity contribution in [2.45, 2.75) is 51.9 Å². The fourth-order valence-electron chi connectivity index (χ4n) is 1.55. The Bertz CT molecular complexity index is 199. The Morgan fingerprint density at radius 3 is 2.12 bits per heavy atom. The minimum atomic E-state index is -1.23. The fourth-order valence-corrected chi connectivity index (χ4v) is 1.55. The second-order valence-electron chi connectivity index (χ2n) is 3.92. The third-order valence-corrected chi connectivity index (χ3v) is 2.54. The molecule has 0 aliphatic carbocycles. The maximum Gasteiger partial charge on any atom is 0.317 e. The fraction of sp³-hybridized carbons (Fsp3) is 0.750. The smallest absolute Gasteiger partial charge is 0.317 e. The van der Waals surface area contributed by atoms with Crippen molar-refractivity contribution in [1.82, 2.24) is 0 Å². The number of rotatable bonds is 10. The molecule has 0 saturated carbocycles. The standard InChI is InChI=1S/C12H21O4/c1-2-3-4-5-6-7-8-9-10(11(13)14)12(15)16/h3,10H,2,4-9H2,1H3,(H,13,14)(H,15,16). The third kappa shape index (κ3) is 7.26. The van der Waals surface area contributed by atoms with Gasteiger partial charge in [0.05, 0.1) is 0 Å². The Morgan fingerprint density at radius 1 is 1.06 bits per heavy atom. The molecule has 93 valence electrons. The summed E-state index contributed by atoms with van der Waals surface area (Å²) < 4.78 is 0. The van der Waals surface area contributed by atoms with Gasteiger partial charge in [-0.3, -0.25) is 9.59 Å². The van der Waals surface area contributed by atoms with Crippen LogP contribution in [0.4, 0.5) is 0 Å². The van der Waals surface area contributed by atoms with Crippen LogP contribution < -0.4 is 0 Å². The monoisotopic (exact) mass is 229 g/mol. The van der Waals surface area contributed by atoms with Gasteiger partial charge in [-0.25, -0.2) is 0 Å². The van der Waals surface area contributed by atoms with Gasteiger partial charge in [-0.1, -0.05) is 45.4 Å². The van der Waals surface area contributed by atoms with E-state index >= 15 is 0 Å². The number of carboxylic acids is 2. The van der Waals surface area contributed by atoms with Crippen molar-refractivity contribution in [3.8, 4) is 0 Å². The molecule has 0 amide bonds. The second kappa shape index (κ2) is 9.19. The maximum atomic E-state index is 10.6. The molecule has 1 radical (unpaired) electrons. The zero-order valence-electron chi connectivity index (χ0n) is 9.82. The van der Waals surface area contributed by atoms with E-state index in [1.165, 1.54) is 0 Å². The summed E-state index contributed by atoms with van der Waals surface area (Å²) in [5, 5.41) is 17.3. The molecule has 0 unspecified atom stereocenters. The van der Waals surface area contributed by atoms with Gasteiger partial charge in [0.15, 0.2) is 5.92 Å². The van der Waals surface area contributed by atoms with Crippen LogP contribution in [0.2, 0.25) is 0 Å². The predicted molar refractivity (Wildman–Crippen MR) is 61.1 cm³/mol. The van der Waals surface area contributed by atoms with Crippen LogP contribution in [0.1, 0.15) is 51.9 Å². The van der Waals surface area contributed by atoms with Gasteiger partial charge in [0, 0.05) is 0 Å². The molecule has 0 spiro atoms. The number of hydrogen-bond donors (Lipinski definition) is 2. The number of unbranched alkanes of at least 4 members (excludes halogenated alkanes) is 6.